The van der Waals surface area contributed by atoms with Crippen molar-refractivity contribution in [3.05, 3.63) is 0 Å². The maximum Gasteiger partial charge on any atom is 0.333 e. The summed E-state index contributed by atoms with van der Waals surface area (Å²) in [6.07, 6.45) is 1.16. The van der Waals surface area contributed by atoms with Gasteiger partial charge in [0.05, 0.1) is 0 Å². The van der Waals surface area contributed by atoms with Crippen LogP contribution in [-0.2, 0) is 19.2 Å². The lowest BCUT2D eigenvalue weighted by molar-refractivity contribution is -0.197. The summed E-state index contributed by atoms with van der Waals surface area (Å²) in [5.74, 6) is -0.538. The molecule has 0 N–H and O–H groups in total. The minimum absolute atomic E-state index is 0.131. The summed E-state index contributed by atoms with van der Waals surface area (Å²) in [7, 11) is 0. The van der Waals surface area contributed by atoms with Crippen molar-refractivity contribution in [3.63, 3.8) is 0 Å². The number of hydrogen-bond acceptors (Lipinski definition) is 5. The standard InChI is InChI=1S/C12H19NO4S/c1-12(2,3)18-8-4-5-11(16)17-13-9(14)6-7-10(13)15/h4-8H2,1-3H3. The zero-order valence-corrected chi connectivity index (χ0v) is 11.8. The van der Waals surface area contributed by atoms with Crippen molar-refractivity contribution in [1.82, 2.24) is 5.06 Å². The first-order valence-corrected chi connectivity index (χ1v) is 6.99. The van der Waals surface area contributed by atoms with Crippen molar-refractivity contribution >= 4 is 29.5 Å². The van der Waals surface area contributed by atoms with E-state index in [1.807, 2.05) is 0 Å². The lowest BCUT2D eigenvalue weighted by atomic mass is 10.3. The maximum atomic E-state index is 11.4. The van der Waals surface area contributed by atoms with Crippen LogP contribution in [0.25, 0.3) is 0 Å². The first-order valence-electron chi connectivity index (χ1n) is 6.00. The highest BCUT2D eigenvalue weighted by Crippen LogP contribution is 2.24. The van der Waals surface area contributed by atoms with Gasteiger partial charge in [0, 0.05) is 24.0 Å². The Hall–Kier alpha value is -1.04. The van der Waals surface area contributed by atoms with E-state index in [2.05, 4.69) is 20.8 Å². The molecule has 0 unspecified atom stereocenters. The van der Waals surface area contributed by atoms with Gasteiger partial charge in [-0.25, -0.2) is 4.79 Å². The van der Waals surface area contributed by atoms with Crippen LogP contribution >= 0.6 is 11.8 Å². The summed E-state index contributed by atoms with van der Waals surface area (Å²) in [5, 5.41) is 0.596. The zero-order chi connectivity index (χ0) is 13.8. The molecule has 5 nitrogen and oxygen atoms in total. The number of hydroxylamine groups is 2. The first-order chi connectivity index (χ1) is 8.29. The third-order valence-electron chi connectivity index (χ3n) is 2.26. The summed E-state index contributed by atoms with van der Waals surface area (Å²) in [4.78, 5) is 38.6. The van der Waals surface area contributed by atoms with Gasteiger partial charge < -0.3 is 4.84 Å². The van der Waals surface area contributed by atoms with E-state index >= 15 is 0 Å². The third-order valence-corrected chi connectivity index (χ3v) is 3.62. The van der Waals surface area contributed by atoms with Gasteiger partial charge in [0.15, 0.2) is 0 Å². The number of thioether (sulfide) groups is 1. The Balaban J connectivity index is 2.22. The molecule has 0 saturated carbocycles. The van der Waals surface area contributed by atoms with Gasteiger partial charge in [0.25, 0.3) is 11.8 Å². The third kappa shape index (κ3) is 5.08. The summed E-state index contributed by atoms with van der Waals surface area (Å²) in [5.41, 5.74) is 0. The van der Waals surface area contributed by atoms with Crippen LogP contribution in [0.4, 0.5) is 0 Å². The Morgan fingerprint density at radius 3 is 2.33 bits per heavy atom. The van der Waals surface area contributed by atoms with Crippen LogP contribution in [0.5, 0.6) is 0 Å². The van der Waals surface area contributed by atoms with Crippen LogP contribution in [0.1, 0.15) is 46.5 Å². The Morgan fingerprint density at radius 2 is 1.83 bits per heavy atom. The molecule has 0 aliphatic carbocycles. The summed E-state index contributed by atoms with van der Waals surface area (Å²) in [6, 6.07) is 0. The van der Waals surface area contributed by atoms with E-state index in [1.165, 1.54) is 0 Å². The molecule has 0 aromatic heterocycles. The van der Waals surface area contributed by atoms with E-state index in [4.69, 9.17) is 4.84 Å². The van der Waals surface area contributed by atoms with E-state index in [-0.39, 0.29) is 24.0 Å². The Labute approximate surface area is 111 Å². The van der Waals surface area contributed by atoms with Crippen LogP contribution in [0.2, 0.25) is 0 Å². The maximum absolute atomic E-state index is 11.4. The molecule has 1 saturated heterocycles. The van der Waals surface area contributed by atoms with Crippen molar-refractivity contribution in [1.29, 1.82) is 0 Å². The molecule has 0 radical (unpaired) electrons. The van der Waals surface area contributed by atoms with Crippen LogP contribution in [-0.4, -0.2) is 33.3 Å². The van der Waals surface area contributed by atoms with Gasteiger partial charge in [0.1, 0.15) is 0 Å². The van der Waals surface area contributed by atoms with E-state index in [1.54, 1.807) is 11.8 Å². The van der Waals surface area contributed by atoms with Gasteiger partial charge in [-0.2, -0.15) is 11.8 Å². The van der Waals surface area contributed by atoms with Crippen LogP contribution in [0.15, 0.2) is 0 Å². The second kappa shape index (κ2) is 6.22. The highest BCUT2D eigenvalue weighted by atomic mass is 32.2. The molecule has 18 heavy (non-hydrogen) atoms. The van der Waals surface area contributed by atoms with E-state index in [0.717, 1.165) is 5.75 Å². The lowest BCUT2D eigenvalue weighted by Gasteiger charge is -2.17. The number of carbonyl (C=O) groups excluding carboxylic acids is 3. The van der Waals surface area contributed by atoms with Gasteiger partial charge >= 0.3 is 5.97 Å². The molecule has 1 heterocycles. The predicted octanol–water partition coefficient (Wildman–Crippen LogP) is 1.91. The molecular formula is C12H19NO4S. The second-order valence-corrected chi connectivity index (χ2v) is 7.03. The van der Waals surface area contributed by atoms with Gasteiger partial charge in [-0.1, -0.05) is 20.8 Å². The predicted molar refractivity (Wildman–Crippen MR) is 68.6 cm³/mol. The lowest BCUT2D eigenvalue weighted by Crippen LogP contribution is -2.32. The Morgan fingerprint density at radius 1 is 1.28 bits per heavy atom. The average Bonchev–Trinajstić information content (AvgIpc) is 2.55. The van der Waals surface area contributed by atoms with Gasteiger partial charge in [0.2, 0.25) is 0 Å². The largest absolute Gasteiger partial charge is 0.333 e. The number of rotatable bonds is 5. The summed E-state index contributed by atoms with van der Waals surface area (Å²) >= 11 is 1.76. The molecule has 102 valence electrons. The smallest absolute Gasteiger partial charge is 0.330 e. The first kappa shape index (κ1) is 15.0. The van der Waals surface area contributed by atoms with Crippen molar-refractivity contribution in [2.45, 2.75) is 51.2 Å². The van der Waals surface area contributed by atoms with Crippen LogP contribution in [0.3, 0.4) is 0 Å². The summed E-state index contributed by atoms with van der Waals surface area (Å²) < 4.78 is 0.171. The molecule has 6 heteroatoms. The van der Waals surface area contributed by atoms with Gasteiger partial charge in [-0.15, -0.1) is 5.06 Å². The molecule has 1 rings (SSSR count). The molecule has 0 atom stereocenters. The molecule has 2 amide bonds. The number of nitrogens with zero attached hydrogens (tertiary/aromatic N) is 1. The number of amides is 2. The Kier molecular flexibility index (Phi) is 5.19. The molecule has 0 bridgehead atoms. The fourth-order valence-electron chi connectivity index (χ4n) is 1.40. The van der Waals surface area contributed by atoms with Gasteiger partial charge in [-0.3, -0.25) is 9.59 Å². The zero-order valence-electron chi connectivity index (χ0n) is 11.0. The fourth-order valence-corrected chi connectivity index (χ4v) is 2.30. The minimum Gasteiger partial charge on any atom is -0.330 e. The van der Waals surface area contributed by atoms with E-state index in [9.17, 15) is 14.4 Å². The fraction of sp³-hybridized carbons (Fsp3) is 0.750. The molecular weight excluding hydrogens is 254 g/mol. The van der Waals surface area contributed by atoms with Gasteiger partial charge in [-0.05, 0) is 12.2 Å². The van der Waals surface area contributed by atoms with Crippen molar-refractivity contribution in [3.8, 4) is 0 Å². The van der Waals surface area contributed by atoms with Crippen LogP contribution < -0.4 is 0 Å². The summed E-state index contributed by atoms with van der Waals surface area (Å²) in [6.45, 7) is 6.33. The molecule has 1 fully saturated rings. The van der Waals surface area contributed by atoms with Crippen molar-refractivity contribution < 1.29 is 19.2 Å². The van der Waals surface area contributed by atoms with E-state index in [0.29, 0.717) is 11.5 Å². The molecule has 0 aromatic carbocycles. The second-order valence-electron chi connectivity index (χ2n) is 5.11. The quantitative estimate of drug-likeness (QED) is 0.565. The van der Waals surface area contributed by atoms with E-state index < -0.39 is 17.8 Å². The normalized spacial score (nSPS) is 16.3. The molecule has 1 aliphatic heterocycles. The molecule has 1 aliphatic rings. The average molecular weight is 273 g/mol. The number of hydrogen-bond donors (Lipinski definition) is 0. The topological polar surface area (TPSA) is 63.7 Å². The monoisotopic (exact) mass is 273 g/mol. The van der Waals surface area contributed by atoms with Crippen LogP contribution in [0, 0.1) is 0 Å². The SMILES string of the molecule is CC(C)(C)SCCCC(=O)ON1C(=O)CCC1=O. The van der Waals surface area contributed by atoms with Crippen molar-refractivity contribution in [2.75, 3.05) is 5.75 Å². The number of imide groups is 1. The Bertz CT molecular complexity index is 332. The highest BCUT2D eigenvalue weighted by Gasteiger charge is 2.32. The molecule has 0 aromatic rings. The van der Waals surface area contributed by atoms with Crippen molar-refractivity contribution in [2.24, 2.45) is 0 Å². The number of carbonyl (C=O) groups is 3. The minimum atomic E-state index is -0.520. The molecule has 0 spiro atoms. The highest BCUT2D eigenvalue weighted by molar-refractivity contribution is 8.00.